The maximum absolute atomic E-state index is 14.1. The minimum Gasteiger partial charge on any atom is -0.461 e. The molecule has 4 heterocycles. The number of aliphatic hydroxyl groups excluding tert-OH is 1. The Hall–Kier alpha value is -2.19. The average molecular weight is 475 g/mol. The van der Waals surface area contributed by atoms with Crippen LogP contribution in [0.4, 0.5) is 0 Å². The lowest BCUT2D eigenvalue weighted by Crippen LogP contribution is -2.59. The molecule has 8 nitrogen and oxygen atoms in total. The van der Waals surface area contributed by atoms with Gasteiger partial charge in [0.05, 0.1) is 24.2 Å². The number of esters is 1. The molecule has 0 aromatic carbocycles. The summed E-state index contributed by atoms with van der Waals surface area (Å²) in [6, 6.07) is -1.48. The van der Waals surface area contributed by atoms with Crippen molar-refractivity contribution >= 4 is 17.8 Å². The highest BCUT2D eigenvalue weighted by molar-refractivity contribution is 5.99. The van der Waals surface area contributed by atoms with Crippen molar-refractivity contribution in [1.29, 1.82) is 0 Å². The molecule has 2 fully saturated rings. The van der Waals surface area contributed by atoms with E-state index >= 15 is 0 Å². The molecule has 8 heteroatoms. The van der Waals surface area contributed by atoms with Crippen LogP contribution in [-0.4, -0.2) is 82.3 Å². The van der Waals surface area contributed by atoms with E-state index in [-0.39, 0.29) is 30.9 Å². The van der Waals surface area contributed by atoms with Gasteiger partial charge in [-0.2, -0.15) is 0 Å². The highest BCUT2D eigenvalue weighted by Gasteiger charge is 2.75. The first-order valence-corrected chi connectivity index (χ1v) is 12.6. The van der Waals surface area contributed by atoms with Gasteiger partial charge in [-0.25, -0.2) is 0 Å². The second-order valence-electron chi connectivity index (χ2n) is 10.6. The minimum absolute atomic E-state index is 0.127. The molecular weight excluding hydrogens is 436 g/mol. The summed E-state index contributed by atoms with van der Waals surface area (Å²) in [5, 5.41) is 10.3. The molecule has 4 aliphatic rings. The van der Waals surface area contributed by atoms with Gasteiger partial charge in [-0.3, -0.25) is 14.4 Å². The van der Waals surface area contributed by atoms with E-state index < -0.39 is 41.1 Å². The third kappa shape index (κ3) is 3.88. The molecule has 6 atom stereocenters. The number of hydrogen-bond acceptors (Lipinski definition) is 6. The molecule has 0 aromatic heterocycles. The van der Waals surface area contributed by atoms with Crippen molar-refractivity contribution in [2.45, 2.75) is 76.7 Å². The summed E-state index contributed by atoms with van der Waals surface area (Å²) >= 11 is 0. The van der Waals surface area contributed by atoms with Crippen LogP contribution >= 0.6 is 0 Å². The number of aliphatic hydroxyl groups is 1. The molecule has 0 saturated carbocycles. The number of ether oxygens (including phenoxy) is 2. The van der Waals surface area contributed by atoms with Crippen LogP contribution in [0.2, 0.25) is 0 Å². The highest BCUT2D eigenvalue weighted by atomic mass is 16.6. The van der Waals surface area contributed by atoms with Gasteiger partial charge in [0.25, 0.3) is 0 Å². The van der Waals surface area contributed by atoms with Gasteiger partial charge in [-0.15, -0.1) is 0 Å². The first kappa shape index (κ1) is 24.9. The van der Waals surface area contributed by atoms with Crippen LogP contribution in [0.5, 0.6) is 0 Å². The molecule has 0 bridgehead atoms. The number of fused-ring (bicyclic) bond motifs is 2. The Morgan fingerprint density at radius 3 is 2.56 bits per heavy atom. The molecule has 34 heavy (non-hydrogen) atoms. The van der Waals surface area contributed by atoms with Crippen molar-refractivity contribution in [3.05, 3.63) is 24.3 Å². The Morgan fingerprint density at radius 1 is 1.12 bits per heavy atom. The summed E-state index contributed by atoms with van der Waals surface area (Å²) in [5.74, 6) is -2.55. The van der Waals surface area contributed by atoms with Crippen LogP contribution in [0.25, 0.3) is 0 Å². The SMILES string of the molecule is CCCCCN1CC=C[C@]23O[C@]4(C)C=CCOC(=O)[C@@H]4[C@H]2C(=O)N([C@@H](CO)CC(C)C)C3C1=O. The van der Waals surface area contributed by atoms with Gasteiger partial charge in [-0.1, -0.05) is 51.8 Å². The fourth-order valence-corrected chi connectivity index (χ4v) is 6.31. The van der Waals surface area contributed by atoms with E-state index in [1.165, 1.54) is 4.90 Å². The summed E-state index contributed by atoms with van der Waals surface area (Å²) in [5.41, 5.74) is -2.36. The van der Waals surface area contributed by atoms with E-state index in [9.17, 15) is 19.5 Å². The maximum Gasteiger partial charge on any atom is 0.313 e. The summed E-state index contributed by atoms with van der Waals surface area (Å²) in [4.78, 5) is 44.6. The predicted molar refractivity (Wildman–Crippen MR) is 126 cm³/mol. The standard InChI is InChI=1S/C26H38N2O6/c1-5-6-7-12-27-13-8-11-26-19(20-24(32)33-14-9-10-25(20,4)34-26)22(30)28(21(26)23(27)31)18(16-29)15-17(2)3/h8-11,17-21,29H,5-7,12-16H2,1-4H3/t18-,19+,20+,21?,25-,26+/m1/s1. The van der Waals surface area contributed by atoms with Crippen LogP contribution in [0.1, 0.15) is 53.4 Å². The quantitative estimate of drug-likeness (QED) is 0.329. The maximum atomic E-state index is 14.1. The van der Waals surface area contributed by atoms with Crippen LogP contribution in [-0.2, 0) is 23.9 Å². The number of cyclic esters (lactones) is 1. The largest absolute Gasteiger partial charge is 0.461 e. The van der Waals surface area contributed by atoms with Crippen molar-refractivity contribution in [2.24, 2.45) is 17.8 Å². The van der Waals surface area contributed by atoms with Crippen molar-refractivity contribution < 1.29 is 29.0 Å². The minimum atomic E-state index is -1.29. The van der Waals surface area contributed by atoms with Crippen molar-refractivity contribution in [1.82, 2.24) is 9.80 Å². The van der Waals surface area contributed by atoms with Crippen LogP contribution < -0.4 is 0 Å². The fourth-order valence-electron chi connectivity index (χ4n) is 6.31. The second-order valence-corrected chi connectivity index (χ2v) is 10.6. The van der Waals surface area contributed by atoms with Gasteiger partial charge in [0, 0.05) is 13.1 Å². The Morgan fingerprint density at radius 2 is 1.88 bits per heavy atom. The Balaban J connectivity index is 1.82. The number of likely N-dealkylation sites (tertiary alicyclic amines) is 1. The van der Waals surface area contributed by atoms with Gasteiger partial charge < -0.3 is 24.4 Å². The first-order chi connectivity index (χ1) is 16.2. The Bertz CT molecular complexity index is 885. The lowest BCUT2D eigenvalue weighted by Gasteiger charge is -2.40. The topological polar surface area (TPSA) is 96.4 Å². The molecule has 4 rings (SSSR count). The van der Waals surface area contributed by atoms with Gasteiger partial charge >= 0.3 is 5.97 Å². The summed E-state index contributed by atoms with van der Waals surface area (Å²) in [6.07, 6.45) is 10.7. The number of amides is 2. The number of rotatable bonds is 8. The van der Waals surface area contributed by atoms with Crippen LogP contribution in [0.3, 0.4) is 0 Å². The van der Waals surface area contributed by atoms with E-state index in [1.807, 2.05) is 26.0 Å². The summed E-state index contributed by atoms with van der Waals surface area (Å²) in [7, 11) is 0. The van der Waals surface area contributed by atoms with Crippen LogP contribution in [0.15, 0.2) is 24.3 Å². The normalized spacial score (nSPS) is 35.7. The third-order valence-corrected chi connectivity index (χ3v) is 7.71. The van der Waals surface area contributed by atoms with E-state index in [1.54, 1.807) is 24.0 Å². The summed E-state index contributed by atoms with van der Waals surface area (Å²) in [6.45, 7) is 8.83. The van der Waals surface area contributed by atoms with E-state index in [0.29, 0.717) is 19.5 Å². The molecule has 188 valence electrons. The second kappa shape index (κ2) is 9.46. The van der Waals surface area contributed by atoms with E-state index in [4.69, 9.17) is 9.47 Å². The lowest BCUT2D eigenvalue weighted by molar-refractivity contribution is -0.160. The molecule has 1 unspecified atom stereocenters. The number of unbranched alkanes of at least 4 members (excludes halogenated alkanes) is 2. The highest BCUT2D eigenvalue weighted by Crippen LogP contribution is 2.57. The third-order valence-electron chi connectivity index (χ3n) is 7.71. The predicted octanol–water partition coefficient (Wildman–Crippen LogP) is 2.07. The van der Waals surface area contributed by atoms with Crippen molar-refractivity contribution in [3.63, 3.8) is 0 Å². The molecule has 1 N–H and O–H groups in total. The van der Waals surface area contributed by atoms with Gasteiger partial charge in [-0.05, 0) is 31.8 Å². The number of hydrogen-bond donors (Lipinski definition) is 1. The van der Waals surface area contributed by atoms with Gasteiger partial charge in [0.15, 0.2) is 0 Å². The van der Waals surface area contributed by atoms with Crippen LogP contribution in [0, 0.1) is 17.8 Å². The molecule has 2 saturated heterocycles. The molecule has 1 spiro atoms. The molecular formula is C26H38N2O6. The zero-order valence-corrected chi connectivity index (χ0v) is 20.7. The van der Waals surface area contributed by atoms with Crippen molar-refractivity contribution in [3.8, 4) is 0 Å². The molecule has 4 aliphatic heterocycles. The summed E-state index contributed by atoms with van der Waals surface area (Å²) < 4.78 is 12.1. The first-order valence-electron chi connectivity index (χ1n) is 12.6. The molecule has 0 aromatic rings. The Labute approximate surface area is 201 Å². The molecule has 0 radical (unpaired) electrons. The van der Waals surface area contributed by atoms with E-state index in [2.05, 4.69) is 6.92 Å². The van der Waals surface area contributed by atoms with Gasteiger partial charge in [0.2, 0.25) is 11.8 Å². The van der Waals surface area contributed by atoms with E-state index in [0.717, 1.165) is 19.3 Å². The number of nitrogens with zero attached hydrogens (tertiary/aromatic N) is 2. The fraction of sp³-hybridized carbons (Fsp3) is 0.731. The molecule has 0 aliphatic carbocycles. The zero-order chi connectivity index (χ0) is 24.7. The van der Waals surface area contributed by atoms with Crippen molar-refractivity contribution in [2.75, 3.05) is 26.3 Å². The average Bonchev–Trinajstić information content (AvgIpc) is 3.05. The smallest absolute Gasteiger partial charge is 0.313 e. The zero-order valence-electron chi connectivity index (χ0n) is 20.7. The Kier molecular flexibility index (Phi) is 6.93. The monoisotopic (exact) mass is 474 g/mol. The number of carbonyl (C=O) groups is 3. The number of carbonyl (C=O) groups excluding carboxylic acids is 3. The lowest BCUT2D eigenvalue weighted by atomic mass is 9.75. The molecule has 2 amide bonds. The van der Waals surface area contributed by atoms with Gasteiger partial charge in [0.1, 0.15) is 24.2 Å².